The fourth-order valence-electron chi connectivity index (χ4n) is 4.23. The van der Waals surface area contributed by atoms with E-state index in [9.17, 15) is 10.1 Å². The van der Waals surface area contributed by atoms with Crippen LogP contribution >= 0.6 is 34.4 Å². The molecule has 0 aliphatic heterocycles. The number of hydrogen-bond acceptors (Lipinski definition) is 7. The van der Waals surface area contributed by atoms with Crippen LogP contribution in [0, 0.1) is 11.3 Å². The summed E-state index contributed by atoms with van der Waals surface area (Å²) in [7, 11) is 0. The molecule has 0 aromatic carbocycles. The molecule has 0 radical (unpaired) electrons. The molecule has 9 heteroatoms. The van der Waals surface area contributed by atoms with Crippen molar-refractivity contribution in [3.05, 3.63) is 32.3 Å². The van der Waals surface area contributed by atoms with Crippen LogP contribution < -0.4 is 5.32 Å². The number of aromatic nitrogens is 3. The van der Waals surface area contributed by atoms with Crippen molar-refractivity contribution in [2.45, 2.75) is 83.3 Å². The first-order chi connectivity index (χ1) is 16.4. The van der Waals surface area contributed by atoms with Crippen molar-refractivity contribution in [2.75, 3.05) is 11.1 Å². The van der Waals surface area contributed by atoms with Crippen LogP contribution in [-0.4, -0.2) is 26.4 Å². The molecule has 34 heavy (non-hydrogen) atoms. The number of rotatable bonds is 7. The van der Waals surface area contributed by atoms with Crippen molar-refractivity contribution in [3.63, 3.8) is 0 Å². The molecule has 0 saturated heterocycles. The molecule has 0 fully saturated rings. The van der Waals surface area contributed by atoms with Gasteiger partial charge in [0, 0.05) is 26.7 Å². The summed E-state index contributed by atoms with van der Waals surface area (Å²) in [5, 5.41) is 25.2. The molecule has 0 bridgehead atoms. The predicted octanol–water partition coefficient (Wildman–Crippen LogP) is 7.03. The van der Waals surface area contributed by atoms with E-state index in [1.54, 1.807) is 22.7 Å². The Morgan fingerprint density at radius 2 is 1.97 bits per heavy atom. The molecule has 180 valence electrons. The van der Waals surface area contributed by atoms with Crippen LogP contribution in [-0.2, 0) is 17.6 Å². The van der Waals surface area contributed by atoms with Gasteiger partial charge in [0.15, 0.2) is 11.0 Å². The molecule has 1 amide bonds. The van der Waals surface area contributed by atoms with Gasteiger partial charge < -0.3 is 5.32 Å². The van der Waals surface area contributed by atoms with Crippen molar-refractivity contribution in [2.24, 2.45) is 0 Å². The summed E-state index contributed by atoms with van der Waals surface area (Å²) in [4.78, 5) is 15.4. The molecule has 4 rings (SSSR count). The number of anilines is 1. The van der Waals surface area contributed by atoms with Crippen LogP contribution in [0.5, 0.6) is 0 Å². The van der Waals surface area contributed by atoms with Crippen molar-refractivity contribution >= 4 is 45.3 Å². The fourth-order valence-corrected chi connectivity index (χ4v) is 7.26. The Labute approximate surface area is 213 Å². The van der Waals surface area contributed by atoms with Gasteiger partial charge in [-0.3, -0.25) is 9.36 Å². The van der Waals surface area contributed by atoms with E-state index in [-0.39, 0.29) is 17.7 Å². The zero-order valence-electron chi connectivity index (χ0n) is 20.2. The summed E-state index contributed by atoms with van der Waals surface area (Å²) in [5.41, 5.74) is 2.88. The number of thioether (sulfide) groups is 1. The smallest absolute Gasteiger partial charge is 0.235 e. The van der Waals surface area contributed by atoms with E-state index in [0.717, 1.165) is 47.8 Å². The highest BCUT2D eigenvalue weighted by molar-refractivity contribution is 7.99. The number of nitriles is 1. The third-order valence-electron chi connectivity index (χ3n) is 6.00. The number of amides is 1. The minimum Gasteiger partial charge on any atom is -0.316 e. The average Bonchev–Trinajstić information content (AvgIpc) is 3.49. The van der Waals surface area contributed by atoms with Crippen LogP contribution in [0.2, 0.25) is 0 Å². The van der Waals surface area contributed by atoms with Crippen LogP contribution in [0.3, 0.4) is 0 Å². The third-order valence-corrected chi connectivity index (χ3v) is 9.38. The van der Waals surface area contributed by atoms with E-state index >= 15 is 0 Å². The van der Waals surface area contributed by atoms with Gasteiger partial charge in [0.25, 0.3) is 0 Å². The van der Waals surface area contributed by atoms with E-state index in [4.69, 9.17) is 0 Å². The minimum atomic E-state index is -0.117. The molecular formula is C25H31N5OS3. The molecule has 1 aliphatic rings. The molecule has 0 unspecified atom stereocenters. The Bertz CT molecular complexity index is 1200. The molecule has 3 heterocycles. The molecule has 3 aromatic heterocycles. The summed E-state index contributed by atoms with van der Waals surface area (Å²) in [5.74, 6) is 1.42. The molecule has 0 atom stereocenters. The Kier molecular flexibility index (Phi) is 8.12. The predicted molar refractivity (Wildman–Crippen MR) is 142 cm³/mol. The Balaban J connectivity index is 1.48. The summed E-state index contributed by atoms with van der Waals surface area (Å²) < 4.78 is 2.10. The van der Waals surface area contributed by atoms with E-state index in [0.29, 0.717) is 16.5 Å². The Morgan fingerprint density at radius 3 is 2.65 bits per heavy atom. The normalized spacial score (nSPS) is 14.0. The highest BCUT2D eigenvalue weighted by Crippen LogP contribution is 2.37. The van der Waals surface area contributed by atoms with Crippen LogP contribution in [0.4, 0.5) is 5.00 Å². The Hall–Kier alpha value is -2.15. The maximum absolute atomic E-state index is 12.8. The van der Waals surface area contributed by atoms with Gasteiger partial charge in [0.2, 0.25) is 5.91 Å². The second-order valence-electron chi connectivity index (χ2n) is 9.23. The maximum Gasteiger partial charge on any atom is 0.235 e. The highest BCUT2D eigenvalue weighted by atomic mass is 32.2. The standard InChI is InChI=1S/C25H31N5OS3/c1-15(2)21-11-17(13-32-21)23-28-29-25(30(23)16(3)4)33-14-22(31)27-24-19(12-26)18-9-7-5-6-8-10-20(18)34-24/h11,13,15-16H,5-10,14H2,1-4H3,(H,27,31). The van der Waals surface area contributed by atoms with Crippen LogP contribution in [0.25, 0.3) is 11.4 Å². The number of carbonyl (C=O) groups excluding carboxylic acids is 1. The maximum atomic E-state index is 12.8. The van der Waals surface area contributed by atoms with Crippen molar-refractivity contribution in [1.82, 2.24) is 14.8 Å². The second kappa shape index (κ2) is 11.1. The van der Waals surface area contributed by atoms with Gasteiger partial charge in [-0.25, -0.2) is 0 Å². The zero-order chi connectivity index (χ0) is 24.2. The quantitative estimate of drug-likeness (QED) is 0.343. The molecule has 1 aliphatic carbocycles. The number of thiophene rings is 2. The van der Waals surface area contributed by atoms with Crippen LogP contribution in [0.15, 0.2) is 16.6 Å². The van der Waals surface area contributed by atoms with E-state index in [1.165, 1.54) is 34.4 Å². The number of aryl methyl sites for hydroxylation is 1. The van der Waals surface area contributed by atoms with Gasteiger partial charge in [-0.05, 0) is 57.1 Å². The van der Waals surface area contributed by atoms with Gasteiger partial charge >= 0.3 is 0 Å². The number of carbonyl (C=O) groups is 1. The molecule has 0 spiro atoms. The summed E-state index contributed by atoms with van der Waals surface area (Å²) in [6.07, 6.45) is 6.64. The lowest BCUT2D eigenvalue weighted by molar-refractivity contribution is -0.113. The molecule has 0 saturated carbocycles. The van der Waals surface area contributed by atoms with Gasteiger partial charge in [-0.15, -0.1) is 32.9 Å². The number of fused-ring (bicyclic) bond motifs is 1. The molecule has 1 N–H and O–H groups in total. The largest absolute Gasteiger partial charge is 0.316 e. The monoisotopic (exact) mass is 513 g/mol. The fraction of sp³-hybridized carbons (Fsp3) is 0.520. The van der Waals surface area contributed by atoms with E-state index in [2.05, 4.69) is 65.3 Å². The summed E-state index contributed by atoms with van der Waals surface area (Å²) in [6, 6.07) is 4.70. The topological polar surface area (TPSA) is 83.6 Å². The first-order valence-corrected chi connectivity index (χ1v) is 14.6. The molecule has 6 nitrogen and oxygen atoms in total. The van der Waals surface area contributed by atoms with Crippen molar-refractivity contribution in [3.8, 4) is 17.5 Å². The van der Waals surface area contributed by atoms with Crippen molar-refractivity contribution < 1.29 is 4.79 Å². The first-order valence-electron chi connectivity index (χ1n) is 11.9. The van der Waals surface area contributed by atoms with Gasteiger partial charge in [0.1, 0.15) is 11.1 Å². The summed E-state index contributed by atoms with van der Waals surface area (Å²) >= 11 is 4.71. The van der Waals surface area contributed by atoms with Gasteiger partial charge in [0.05, 0.1) is 11.3 Å². The van der Waals surface area contributed by atoms with E-state index < -0.39 is 0 Å². The highest BCUT2D eigenvalue weighted by Gasteiger charge is 2.22. The lowest BCUT2D eigenvalue weighted by Gasteiger charge is -2.13. The van der Waals surface area contributed by atoms with Crippen LogP contribution in [0.1, 0.15) is 86.2 Å². The van der Waals surface area contributed by atoms with Crippen molar-refractivity contribution in [1.29, 1.82) is 5.26 Å². The number of nitrogens with one attached hydrogen (secondary N) is 1. The minimum absolute atomic E-state index is 0.117. The van der Waals surface area contributed by atoms with E-state index in [1.807, 2.05) is 0 Å². The summed E-state index contributed by atoms with van der Waals surface area (Å²) in [6.45, 7) is 8.58. The van der Waals surface area contributed by atoms with Gasteiger partial charge in [-0.2, -0.15) is 5.26 Å². The average molecular weight is 514 g/mol. The molecular weight excluding hydrogens is 483 g/mol. The van der Waals surface area contributed by atoms with Gasteiger partial charge in [-0.1, -0.05) is 38.5 Å². The second-order valence-corrected chi connectivity index (χ2v) is 12.2. The third kappa shape index (κ3) is 5.40. The first kappa shape index (κ1) is 25.0. The zero-order valence-corrected chi connectivity index (χ0v) is 22.6. The number of nitrogens with zero attached hydrogens (tertiary/aromatic N) is 4. The number of hydrogen-bond donors (Lipinski definition) is 1. The Morgan fingerprint density at radius 1 is 1.21 bits per heavy atom. The lowest BCUT2D eigenvalue weighted by atomic mass is 9.97. The SMILES string of the molecule is CC(C)c1cc(-c2nnc(SCC(=O)Nc3sc4c(c3C#N)CCCCCC4)n2C(C)C)cs1. The lowest BCUT2D eigenvalue weighted by Crippen LogP contribution is -2.15. The molecule has 3 aromatic rings.